The first-order chi connectivity index (χ1) is 10.1. The Labute approximate surface area is 124 Å². The Bertz CT molecular complexity index is 525. The third kappa shape index (κ3) is 3.93. The summed E-state index contributed by atoms with van der Waals surface area (Å²) in [6.07, 6.45) is 5.30. The number of amides is 1. The molecule has 6 heteroatoms. The van der Waals surface area contributed by atoms with Crippen LogP contribution in [0.1, 0.15) is 49.4 Å². The van der Waals surface area contributed by atoms with Gasteiger partial charge in [-0.05, 0) is 31.9 Å². The van der Waals surface area contributed by atoms with Gasteiger partial charge in [0, 0.05) is 24.3 Å². The molecule has 1 fully saturated rings. The summed E-state index contributed by atoms with van der Waals surface area (Å²) < 4.78 is 0. The molecule has 114 valence electrons. The van der Waals surface area contributed by atoms with Crippen LogP contribution in [0.4, 0.5) is 11.4 Å². The minimum Gasteiger partial charge on any atom is -0.385 e. The number of anilines is 1. The lowest BCUT2D eigenvalue weighted by Crippen LogP contribution is -2.36. The zero-order valence-electron chi connectivity index (χ0n) is 12.2. The van der Waals surface area contributed by atoms with E-state index in [9.17, 15) is 14.9 Å². The van der Waals surface area contributed by atoms with Crippen LogP contribution in [0.3, 0.4) is 0 Å². The minimum atomic E-state index is -0.508. The monoisotopic (exact) mass is 291 g/mol. The number of nitro benzene ring substituents is 1. The van der Waals surface area contributed by atoms with Gasteiger partial charge < -0.3 is 10.6 Å². The van der Waals surface area contributed by atoms with Crippen LogP contribution in [-0.4, -0.2) is 23.4 Å². The second-order valence-electron chi connectivity index (χ2n) is 5.33. The molecule has 6 nitrogen and oxygen atoms in total. The summed E-state index contributed by atoms with van der Waals surface area (Å²) in [6, 6.07) is 4.70. The second-order valence-corrected chi connectivity index (χ2v) is 5.33. The van der Waals surface area contributed by atoms with Crippen LogP contribution in [0.5, 0.6) is 0 Å². The third-order valence-electron chi connectivity index (χ3n) is 3.76. The predicted molar refractivity (Wildman–Crippen MR) is 81.6 cm³/mol. The van der Waals surface area contributed by atoms with Gasteiger partial charge in [0.05, 0.1) is 4.92 Å². The van der Waals surface area contributed by atoms with Crippen molar-refractivity contribution in [3.8, 4) is 0 Å². The Morgan fingerprint density at radius 1 is 1.33 bits per heavy atom. The van der Waals surface area contributed by atoms with Crippen LogP contribution in [0.2, 0.25) is 0 Å². The van der Waals surface area contributed by atoms with Crippen molar-refractivity contribution >= 4 is 17.3 Å². The summed E-state index contributed by atoms with van der Waals surface area (Å²) in [4.78, 5) is 22.9. The first kappa shape index (κ1) is 15.3. The molecule has 1 aromatic carbocycles. The first-order valence-electron chi connectivity index (χ1n) is 7.45. The third-order valence-corrected chi connectivity index (χ3v) is 3.76. The van der Waals surface area contributed by atoms with E-state index in [-0.39, 0.29) is 23.2 Å². The SMILES string of the molecule is CCNc1ccc([N+](=O)[O-])c(C(=O)NC2CCCCC2)c1. The number of carbonyl (C=O) groups is 1. The van der Waals surface area contributed by atoms with Crippen LogP contribution >= 0.6 is 0 Å². The number of carbonyl (C=O) groups excluding carboxylic acids is 1. The lowest BCUT2D eigenvalue weighted by Gasteiger charge is -2.22. The molecule has 0 heterocycles. The topological polar surface area (TPSA) is 84.3 Å². The minimum absolute atomic E-state index is 0.129. The average Bonchev–Trinajstić information content (AvgIpc) is 2.48. The molecule has 1 saturated carbocycles. The molecule has 2 N–H and O–H groups in total. The van der Waals surface area contributed by atoms with Crippen molar-refractivity contribution in [1.82, 2.24) is 5.32 Å². The fraction of sp³-hybridized carbons (Fsp3) is 0.533. The first-order valence-corrected chi connectivity index (χ1v) is 7.45. The molecule has 1 aliphatic carbocycles. The van der Waals surface area contributed by atoms with Gasteiger partial charge >= 0.3 is 0 Å². The number of nitro groups is 1. The number of benzene rings is 1. The van der Waals surface area contributed by atoms with E-state index in [0.29, 0.717) is 6.54 Å². The number of nitrogens with zero attached hydrogens (tertiary/aromatic N) is 1. The average molecular weight is 291 g/mol. The Morgan fingerprint density at radius 2 is 2.05 bits per heavy atom. The second kappa shape index (κ2) is 7.06. The Morgan fingerprint density at radius 3 is 2.67 bits per heavy atom. The zero-order chi connectivity index (χ0) is 15.2. The normalized spacial score (nSPS) is 15.5. The molecular weight excluding hydrogens is 270 g/mol. The molecule has 1 aromatic rings. The Kier molecular flexibility index (Phi) is 5.14. The fourth-order valence-electron chi connectivity index (χ4n) is 2.70. The Hall–Kier alpha value is -2.11. The largest absolute Gasteiger partial charge is 0.385 e. The molecule has 1 amide bonds. The number of rotatable bonds is 5. The predicted octanol–water partition coefficient (Wildman–Crippen LogP) is 3.09. The lowest BCUT2D eigenvalue weighted by molar-refractivity contribution is -0.385. The van der Waals surface area contributed by atoms with Gasteiger partial charge in [0.15, 0.2) is 0 Å². The smallest absolute Gasteiger partial charge is 0.282 e. The van der Waals surface area contributed by atoms with Crippen molar-refractivity contribution in [3.05, 3.63) is 33.9 Å². The zero-order valence-corrected chi connectivity index (χ0v) is 12.2. The molecule has 2 rings (SSSR count). The molecule has 0 aliphatic heterocycles. The van der Waals surface area contributed by atoms with Gasteiger partial charge in [-0.25, -0.2) is 0 Å². The molecule has 0 aromatic heterocycles. The van der Waals surface area contributed by atoms with Crippen molar-refractivity contribution in [3.63, 3.8) is 0 Å². The summed E-state index contributed by atoms with van der Waals surface area (Å²) >= 11 is 0. The molecule has 0 unspecified atom stereocenters. The molecule has 21 heavy (non-hydrogen) atoms. The van der Waals surface area contributed by atoms with Gasteiger partial charge in [0.25, 0.3) is 11.6 Å². The number of nitrogens with one attached hydrogen (secondary N) is 2. The van der Waals surface area contributed by atoms with E-state index in [2.05, 4.69) is 10.6 Å². The highest BCUT2D eigenvalue weighted by Gasteiger charge is 2.23. The van der Waals surface area contributed by atoms with Crippen LogP contribution in [0.15, 0.2) is 18.2 Å². The molecule has 0 atom stereocenters. The maximum Gasteiger partial charge on any atom is 0.282 e. The highest BCUT2D eigenvalue weighted by Crippen LogP contribution is 2.24. The Balaban J connectivity index is 2.19. The van der Waals surface area contributed by atoms with Gasteiger partial charge in [-0.3, -0.25) is 14.9 Å². The van der Waals surface area contributed by atoms with Gasteiger partial charge in [-0.15, -0.1) is 0 Å². The maximum atomic E-state index is 12.4. The summed E-state index contributed by atoms with van der Waals surface area (Å²) in [6.45, 7) is 2.63. The van der Waals surface area contributed by atoms with E-state index in [1.165, 1.54) is 12.5 Å². The lowest BCUT2D eigenvalue weighted by atomic mass is 9.95. The van der Waals surface area contributed by atoms with E-state index >= 15 is 0 Å². The fourth-order valence-corrected chi connectivity index (χ4v) is 2.70. The summed E-state index contributed by atoms with van der Waals surface area (Å²) in [5.74, 6) is -0.353. The highest BCUT2D eigenvalue weighted by atomic mass is 16.6. The number of hydrogen-bond acceptors (Lipinski definition) is 4. The van der Waals surface area contributed by atoms with Gasteiger partial charge in [0.1, 0.15) is 5.56 Å². The number of hydrogen-bond donors (Lipinski definition) is 2. The van der Waals surface area contributed by atoms with E-state index in [1.807, 2.05) is 6.92 Å². The molecular formula is C15H21N3O3. The van der Waals surface area contributed by atoms with Crippen molar-refractivity contribution in [2.24, 2.45) is 0 Å². The summed E-state index contributed by atoms with van der Waals surface area (Å²) in [5.41, 5.74) is 0.700. The molecule has 0 radical (unpaired) electrons. The van der Waals surface area contributed by atoms with E-state index < -0.39 is 4.92 Å². The van der Waals surface area contributed by atoms with Crippen molar-refractivity contribution < 1.29 is 9.72 Å². The van der Waals surface area contributed by atoms with Crippen molar-refractivity contribution in [1.29, 1.82) is 0 Å². The quantitative estimate of drug-likeness (QED) is 0.645. The van der Waals surface area contributed by atoms with Gasteiger partial charge in [-0.1, -0.05) is 19.3 Å². The van der Waals surface area contributed by atoms with E-state index in [1.54, 1.807) is 12.1 Å². The maximum absolute atomic E-state index is 12.4. The van der Waals surface area contributed by atoms with Crippen molar-refractivity contribution in [2.75, 3.05) is 11.9 Å². The van der Waals surface area contributed by atoms with Gasteiger partial charge in [-0.2, -0.15) is 0 Å². The highest BCUT2D eigenvalue weighted by molar-refractivity contribution is 5.99. The van der Waals surface area contributed by atoms with Crippen LogP contribution in [-0.2, 0) is 0 Å². The van der Waals surface area contributed by atoms with Crippen molar-refractivity contribution in [2.45, 2.75) is 45.1 Å². The van der Waals surface area contributed by atoms with E-state index in [4.69, 9.17) is 0 Å². The molecule has 1 aliphatic rings. The molecule has 0 bridgehead atoms. The van der Waals surface area contributed by atoms with Crippen LogP contribution in [0.25, 0.3) is 0 Å². The van der Waals surface area contributed by atoms with Crippen LogP contribution < -0.4 is 10.6 Å². The molecule has 0 spiro atoms. The molecule has 0 saturated heterocycles. The summed E-state index contributed by atoms with van der Waals surface area (Å²) in [5, 5.41) is 17.1. The van der Waals surface area contributed by atoms with E-state index in [0.717, 1.165) is 31.4 Å². The van der Waals surface area contributed by atoms with Crippen LogP contribution in [0, 0.1) is 10.1 Å². The summed E-state index contributed by atoms with van der Waals surface area (Å²) in [7, 11) is 0. The standard InChI is InChI=1S/C15H21N3O3/c1-2-16-12-8-9-14(18(20)21)13(10-12)15(19)17-11-6-4-3-5-7-11/h8-11,16H,2-7H2,1H3,(H,17,19). The van der Waals surface area contributed by atoms with Gasteiger partial charge in [0.2, 0.25) is 0 Å².